The van der Waals surface area contributed by atoms with E-state index in [1.807, 2.05) is 32.9 Å². The van der Waals surface area contributed by atoms with Gasteiger partial charge in [0.05, 0.1) is 23.5 Å². The summed E-state index contributed by atoms with van der Waals surface area (Å²) in [5.41, 5.74) is 2.16. The zero-order valence-corrected chi connectivity index (χ0v) is 19.0. The Morgan fingerprint density at radius 1 is 1.13 bits per heavy atom. The van der Waals surface area contributed by atoms with Crippen LogP contribution >= 0.6 is 0 Å². The molecule has 0 aromatic heterocycles. The fourth-order valence-electron chi connectivity index (χ4n) is 4.28. The summed E-state index contributed by atoms with van der Waals surface area (Å²) in [5.74, 6) is 0. The Morgan fingerprint density at radius 3 is 2.37 bits per heavy atom. The van der Waals surface area contributed by atoms with Crippen molar-refractivity contribution in [3.8, 4) is 6.07 Å². The van der Waals surface area contributed by atoms with Gasteiger partial charge < -0.3 is 24.2 Å². The molecule has 1 aromatic rings. The van der Waals surface area contributed by atoms with Crippen LogP contribution in [0.25, 0.3) is 0 Å². The maximum absolute atomic E-state index is 12.4. The number of carbonyl (C=O) groups is 1. The predicted molar refractivity (Wildman–Crippen MR) is 118 cm³/mol. The van der Waals surface area contributed by atoms with Gasteiger partial charge >= 0.3 is 6.09 Å². The fourth-order valence-corrected chi connectivity index (χ4v) is 4.28. The first-order valence-corrected chi connectivity index (χ1v) is 10.8. The van der Waals surface area contributed by atoms with Gasteiger partial charge in [-0.15, -0.1) is 0 Å². The van der Waals surface area contributed by atoms with Crippen molar-refractivity contribution in [3.05, 3.63) is 23.8 Å². The zero-order valence-electron chi connectivity index (χ0n) is 19.0. The molecular formula is C23H34N4O3. The lowest BCUT2D eigenvalue weighted by molar-refractivity contribution is -0.00524. The third-order valence-electron chi connectivity index (χ3n) is 5.47. The number of amides is 1. The summed E-state index contributed by atoms with van der Waals surface area (Å²) < 4.78 is 11.3. The van der Waals surface area contributed by atoms with E-state index in [0.29, 0.717) is 25.2 Å². The van der Waals surface area contributed by atoms with Crippen molar-refractivity contribution < 1.29 is 14.3 Å². The number of morpholine rings is 1. The third-order valence-corrected chi connectivity index (χ3v) is 5.47. The molecule has 0 unspecified atom stereocenters. The van der Waals surface area contributed by atoms with Crippen LogP contribution in [-0.2, 0) is 9.47 Å². The summed E-state index contributed by atoms with van der Waals surface area (Å²) in [6.07, 6.45) is 0.0134. The first kappa shape index (κ1) is 22.2. The van der Waals surface area contributed by atoms with Crippen molar-refractivity contribution >= 4 is 17.5 Å². The van der Waals surface area contributed by atoms with E-state index in [9.17, 15) is 10.1 Å². The van der Waals surface area contributed by atoms with Crippen LogP contribution in [0.4, 0.5) is 16.2 Å². The van der Waals surface area contributed by atoms with Crippen molar-refractivity contribution in [3.63, 3.8) is 0 Å². The molecule has 0 bridgehead atoms. The lowest BCUT2D eigenvalue weighted by Crippen LogP contribution is -2.54. The van der Waals surface area contributed by atoms with Crippen LogP contribution in [0.5, 0.6) is 0 Å². The van der Waals surface area contributed by atoms with Gasteiger partial charge in [-0.25, -0.2) is 4.79 Å². The Hall–Kier alpha value is -2.46. The SMILES string of the molecule is C[C@@H]1CN(c2ccc(N3CCN(C(=O)OC(C)(C)C)C[C@H]3C)cc2C#N)C[C@H](C)O1. The van der Waals surface area contributed by atoms with Crippen molar-refractivity contribution in [1.82, 2.24) is 4.90 Å². The molecule has 2 aliphatic rings. The van der Waals surface area contributed by atoms with Crippen LogP contribution in [-0.4, -0.2) is 67.6 Å². The number of carbonyl (C=O) groups excluding carboxylic acids is 1. The van der Waals surface area contributed by atoms with E-state index in [-0.39, 0.29) is 24.3 Å². The quantitative estimate of drug-likeness (QED) is 0.736. The molecule has 7 heteroatoms. The topological polar surface area (TPSA) is 69.0 Å². The first-order valence-electron chi connectivity index (χ1n) is 10.8. The molecule has 0 aliphatic carbocycles. The number of nitrogens with zero attached hydrogens (tertiary/aromatic N) is 4. The minimum absolute atomic E-state index is 0.132. The Labute approximate surface area is 180 Å². The number of piperazine rings is 1. The molecule has 0 radical (unpaired) electrons. The van der Waals surface area contributed by atoms with Crippen molar-refractivity contribution in [2.24, 2.45) is 0 Å². The second-order valence-corrected chi connectivity index (χ2v) is 9.44. The minimum atomic E-state index is -0.497. The van der Waals surface area contributed by atoms with Crippen molar-refractivity contribution in [2.75, 3.05) is 42.5 Å². The fraction of sp³-hybridized carbons (Fsp3) is 0.652. The van der Waals surface area contributed by atoms with Gasteiger partial charge in [0.25, 0.3) is 0 Å². The number of ether oxygens (including phenoxy) is 2. The van der Waals surface area contributed by atoms with Crippen LogP contribution in [0.15, 0.2) is 18.2 Å². The number of hydrogen-bond donors (Lipinski definition) is 0. The molecule has 1 amide bonds. The third kappa shape index (κ3) is 5.17. The number of benzene rings is 1. The van der Waals surface area contributed by atoms with Gasteiger partial charge in [-0.05, 0) is 59.7 Å². The normalized spacial score (nSPS) is 25.1. The summed E-state index contributed by atoms with van der Waals surface area (Å²) in [7, 11) is 0. The van der Waals surface area contributed by atoms with E-state index >= 15 is 0 Å². The van der Waals surface area contributed by atoms with E-state index in [1.165, 1.54) is 0 Å². The highest BCUT2D eigenvalue weighted by atomic mass is 16.6. The maximum Gasteiger partial charge on any atom is 0.410 e. The summed E-state index contributed by atoms with van der Waals surface area (Å²) in [4.78, 5) is 18.7. The summed E-state index contributed by atoms with van der Waals surface area (Å²) in [5, 5.41) is 9.80. The highest BCUT2D eigenvalue weighted by Gasteiger charge is 2.31. The molecule has 2 heterocycles. The molecule has 0 spiro atoms. The average molecular weight is 415 g/mol. The maximum atomic E-state index is 12.4. The van der Waals surface area contributed by atoms with E-state index in [2.05, 4.69) is 42.7 Å². The van der Waals surface area contributed by atoms with Crippen LogP contribution < -0.4 is 9.80 Å². The van der Waals surface area contributed by atoms with Gasteiger partial charge in [0.2, 0.25) is 0 Å². The molecule has 1 aromatic carbocycles. The van der Waals surface area contributed by atoms with Crippen LogP contribution in [0, 0.1) is 11.3 Å². The lowest BCUT2D eigenvalue weighted by Gasteiger charge is -2.42. The zero-order chi connectivity index (χ0) is 22.1. The molecular weight excluding hydrogens is 380 g/mol. The highest BCUT2D eigenvalue weighted by molar-refractivity contribution is 5.70. The van der Waals surface area contributed by atoms with Gasteiger partial charge in [0.15, 0.2) is 0 Å². The largest absolute Gasteiger partial charge is 0.444 e. The van der Waals surface area contributed by atoms with Gasteiger partial charge in [0, 0.05) is 44.5 Å². The average Bonchev–Trinajstić information content (AvgIpc) is 2.65. The molecule has 2 aliphatic heterocycles. The van der Waals surface area contributed by atoms with E-state index in [1.54, 1.807) is 4.90 Å². The Kier molecular flexibility index (Phi) is 6.47. The van der Waals surface area contributed by atoms with E-state index in [4.69, 9.17) is 9.47 Å². The first-order chi connectivity index (χ1) is 14.1. The number of hydrogen-bond acceptors (Lipinski definition) is 6. The van der Waals surface area contributed by atoms with E-state index < -0.39 is 5.60 Å². The minimum Gasteiger partial charge on any atom is -0.444 e. The van der Waals surface area contributed by atoms with Crippen molar-refractivity contribution in [2.45, 2.75) is 65.4 Å². The van der Waals surface area contributed by atoms with Gasteiger partial charge in [-0.1, -0.05) is 0 Å². The molecule has 7 nitrogen and oxygen atoms in total. The standard InChI is InChI=1S/C23H34N4O3/c1-16-13-25(22(28)30-23(4,5)6)9-10-27(16)20-7-8-21(19(11-20)12-24)26-14-17(2)29-18(3)15-26/h7-8,11,16-18H,9-10,13-15H2,1-6H3/t16-,17-,18+/m1/s1. The number of nitriles is 1. The Bertz CT molecular complexity index is 804. The Balaban J connectivity index is 1.73. The van der Waals surface area contributed by atoms with E-state index in [0.717, 1.165) is 24.5 Å². The molecule has 30 heavy (non-hydrogen) atoms. The molecule has 0 N–H and O–H groups in total. The second kappa shape index (κ2) is 8.73. The Morgan fingerprint density at radius 2 is 1.80 bits per heavy atom. The number of anilines is 2. The van der Waals surface area contributed by atoms with Crippen LogP contribution in [0.3, 0.4) is 0 Å². The van der Waals surface area contributed by atoms with Crippen molar-refractivity contribution in [1.29, 1.82) is 5.26 Å². The lowest BCUT2D eigenvalue weighted by atomic mass is 10.1. The molecule has 2 fully saturated rings. The van der Waals surface area contributed by atoms with Crippen LogP contribution in [0.1, 0.15) is 47.1 Å². The molecule has 3 atom stereocenters. The van der Waals surface area contributed by atoms with Crippen LogP contribution in [0.2, 0.25) is 0 Å². The summed E-state index contributed by atoms with van der Waals surface area (Å²) in [6, 6.07) is 8.61. The molecule has 164 valence electrons. The molecule has 2 saturated heterocycles. The monoisotopic (exact) mass is 414 g/mol. The van der Waals surface area contributed by atoms with Gasteiger partial charge in [-0.2, -0.15) is 5.26 Å². The number of rotatable bonds is 2. The highest BCUT2D eigenvalue weighted by Crippen LogP contribution is 2.30. The second-order valence-electron chi connectivity index (χ2n) is 9.44. The predicted octanol–water partition coefficient (Wildman–Crippen LogP) is 3.62. The summed E-state index contributed by atoms with van der Waals surface area (Å²) >= 11 is 0. The summed E-state index contributed by atoms with van der Waals surface area (Å²) in [6.45, 7) is 15.3. The molecule has 3 rings (SSSR count). The smallest absolute Gasteiger partial charge is 0.410 e. The van der Waals surface area contributed by atoms with Gasteiger partial charge in [-0.3, -0.25) is 0 Å². The molecule has 0 saturated carbocycles. The van der Waals surface area contributed by atoms with Gasteiger partial charge in [0.1, 0.15) is 11.7 Å².